The number of alkyl halides is 1. The molecule has 0 saturated carbocycles. The zero-order chi connectivity index (χ0) is 24.2. The maximum absolute atomic E-state index is 12.5. The van der Waals surface area contributed by atoms with E-state index in [1.54, 1.807) is 30.5 Å². The van der Waals surface area contributed by atoms with E-state index in [9.17, 15) is 14.0 Å². The van der Waals surface area contributed by atoms with Crippen molar-refractivity contribution in [3.05, 3.63) is 65.7 Å². The summed E-state index contributed by atoms with van der Waals surface area (Å²) in [5, 5.41) is 13.6. The number of hydrogen-bond acceptors (Lipinski definition) is 6. The minimum absolute atomic E-state index is 0.140. The first-order chi connectivity index (χ1) is 16.6. The van der Waals surface area contributed by atoms with Crippen LogP contribution in [0.15, 0.2) is 48.8 Å². The van der Waals surface area contributed by atoms with Gasteiger partial charge in [-0.1, -0.05) is 17.7 Å². The Morgan fingerprint density at radius 1 is 1.06 bits per heavy atom. The summed E-state index contributed by atoms with van der Waals surface area (Å²) in [7, 11) is 0. The van der Waals surface area contributed by atoms with Gasteiger partial charge in [-0.05, 0) is 56.5 Å². The smallest absolute Gasteiger partial charge is 0.273 e. The van der Waals surface area contributed by atoms with Crippen LogP contribution in [-0.2, 0) is 6.54 Å². The van der Waals surface area contributed by atoms with Crippen LogP contribution in [-0.4, -0.2) is 51.6 Å². The van der Waals surface area contributed by atoms with Gasteiger partial charge in [-0.15, -0.1) is 5.10 Å². The number of carbonyl (C=O) groups is 2. The van der Waals surface area contributed by atoms with Crippen LogP contribution >= 0.6 is 0 Å². The molecule has 1 aromatic carbocycles. The van der Waals surface area contributed by atoms with Crippen LogP contribution in [0, 0.1) is 0 Å². The van der Waals surface area contributed by atoms with Crippen LogP contribution in [0.4, 0.5) is 4.39 Å². The van der Waals surface area contributed by atoms with Crippen molar-refractivity contribution in [1.29, 1.82) is 0 Å². The number of carbonyl (C=O) groups excluding carboxylic acids is 2. The molecule has 3 rings (SSSR count). The first-order valence-electron chi connectivity index (χ1n) is 11.3. The quantitative estimate of drug-likeness (QED) is 0.373. The highest BCUT2D eigenvalue weighted by Crippen LogP contribution is 2.25. The van der Waals surface area contributed by atoms with Gasteiger partial charge in [0.2, 0.25) is 0 Å². The number of unbranched alkanes of at least 4 members (excludes halogenated alkanes) is 3. The van der Waals surface area contributed by atoms with E-state index >= 15 is 0 Å². The summed E-state index contributed by atoms with van der Waals surface area (Å²) in [4.78, 5) is 28.9. The van der Waals surface area contributed by atoms with Gasteiger partial charge in [0.05, 0.1) is 31.7 Å². The van der Waals surface area contributed by atoms with E-state index in [0.717, 1.165) is 25.0 Å². The Morgan fingerprint density at radius 2 is 1.91 bits per heavy atom. The molecule has 0 radical (unpaired) electrons. The number of rotatable bonds is 13. The molecular formula is C24H29FN6O3. The predicted octanol–water partition coefficient (Wildman–Crippen LogP) is 3.25. The maximum atomic E-state index is 12.5. The van der Waals surface area contributed by atoms with Crippen LogP contribution in [0.2, 0.25) is 0 Å². The van der Waals surface area contributed by atoms with Gasteiger partial charge in [-0.2, -0.15) is 0 Å². The Kier molecular flexibility index (Phi) is 9.51. The zero-order valence-electron chi connectivity index (χ0n) is 19.2. The normalized spacial score (nSPS) is 10.6. The first-order valence-corrected chi connectivity index (χ1v) is 11.3. The minimum Gasteiger partial charge on any atom is -0.491 e. The maximum Gasteiger partial charge on any atom is 0.273 e. The fraction of sp³-hybridized carbons (Fsp3) is 0.375. The van der Waals surface area contributed by atoms with Gasteiger partial charge < -0.3 is 15.4 Å². The van der Waals surface area contributed by atoms with Crippen molar-refractivity contribution in [3.8, 4) is 11.4 Å². The number of amides is 2. The van der Waals surface area contributed by atoms with Crippen LogP contribution in [0.1, 0.15) is 59.1 Å². The van der Waals surface area contributed by atoms with Gasteiger partial charge in [-0.25, -0.2) is 4.68 Å². The van der Waals surface area contributed by atoms with Gasteiger partial charge in [0.15, 0.2) is 5.69 Å². The van der Waals surface area contributed by atoms with E-state index in [-0.39, 0.29) is 30.7 Å². The molecule has 0 bridgehead atoms. The van der Waals surface area contributed by atoms with Gasteiger partial charge >= 0.3 is 0 Å². The summed E-state index contributed by atoms with van der Waals surface area (Å²) < 4.78 is 19.7. The number of pyridine rings is 1. The minimum atomic E-state index is -0.383. The van der Waals surface area contributed by atoms with E-state index in [1.807, 2.05) is 19.1 Å². The zero-order valence-corrected chi connectivity index (χ0v) is 19.2. The molecule has 3 aromatic rings. The Balaban J connectivity index is 1.72. The summed E-state index contributed by atoms with van der Waals surface area (Å²) >= 11 is 0. The second-order valence-corrected chi connectivity index (χ2v) is 7.55. The Hall–Kier alpha value is -3.82. The van der Waals surface area contributed by atoms with Crippen molar-refractivity contribution in [2.24, 2.45) is 0 Å². The highest BCUT2D eigenvalue weighted by atomic mass is 19.1. The van der Waals surface area contributed by atoms with E-state index < -0.39 is 0 Å². The third kappa shape index (κ3) is 7.09. The van der Waals surface area contributed by atoms with E-state index in [4.69, 9.17) is 4.74 Å². The molecule has 180 valence electrons. The summed E-state index contributed by atoms with van der Waals surface area (Å²) in [6.45, 7) is 2.71. The van der Waals surface area contributed by atoms with Crippen LogP contribution in [0.25, 0.3) is 5.69 Å². The summed E-state index contributed by atoms with van der Waals surface area (Å²) in [6.07, 6.45) is 6.10. The lowest BCUT2D eigenvalue weighted by Gasteiger charge is -2.13. The summed E-state index contributed by atoms with van der Waals surface area (Å²) in [5.41, 5.74) is 1.87. The molecule has 0 saturated heterocycles. The van der Waals surface area contributed by atoms with Crippen LogP contribution in [0.3, 0.4) is 0 Å². The molecule has 2 heterocycles. The fourth-order valence-electron chi connectivity index (χ4n) is 3.20. The lowest BCUT2D eigenvalue weighted by Crippen LogP contribution is -2.23. The predicted molar refractivity (Wildman–Crippen MR) is 125 cm³/mol. The molecule has 2 amide bonds. The molecule has 0 atom stereocenters. The average molecular weight is 469 g/mol. The molecule has 0 unspecified atom stereocenters. The second kappa shape index (κ2) is 13.0. The Morgan fingerprint density at radius 3 is 2.68 bits per heavy atom. The lowest BCUT2D eigenvalue weighted by molar-refractivity contribution is 0.0941. The van der Waals surface area contributed by atoms with Gasteiger partial charge in [0, 0.05) is 18.3 Å². The fourth-order valence-corrected chi connectivity index (χ4v) is 3.20. The highest BCUT2D eigenvalue weighted by molar-refractivity contribution is 5.95. The number of ether oxygens (including phenoxy) is 1. The van der Waals surface area contributed by atoms with Crippen LogP contribution < -0.4 is 15.4 Å². The van der Waals surface area contributed by atoms with Crippen molar-refractivity contribution in [2.75, 3.05) is 19.8 Å². The third-order valence-electron chi connectivity index (χ3n) is 4.97. The van der Waals surface area contributed by atoms with E-state index in [2.05, 4.69) is 25.9 Å². The van der Waals surface area contributed by atoms with E-state index in [0.29, 0.717) is 36.6 Å². The molecule has 34 heavy (non-hydrogen) atoms. The van der Waals surface area contributed by atoms with Crippen molar-refractivity contribution in [2.45, 2.75) is 39.2 Å². The number of halogens is 1. The molecule has 0 spiro atoms. The lowest BCUT2D eigenvalue weighted by atomic mass is 10.1. The molecule has 0 aliphatic carbocycles. The standard InChI is InChI=1S/C24H29FN6O3/c1-2-26-23(32)18-10-11-21(22(15-18)34-14-8-4-3-6-12-25)31-17-20(29-30-31)24(33)28-16-19-9-5-7-13-27-19/h5,7,9-11,13,15,17H,2-4,6,8,12,14,16H2,1H3,(H,26,32)(H,28,33). The SMILES string of the molecule is CCNC(=O)c1ccc(-n2cc(C(=O)NCc3ccccn3)nn2)c(OCCCCCCF)c1. The van der Waals surface area contributed by atoms with Crippen molar-refractivity contribution in [3.63, 3.8) is 0 Å². The second-order valence-electron chi connectivity index (χ2n) is 7.55. The summed E-state index contributed by atoms with van der Waals surface area (Å²) in [6, 6.07) is 10.5. The number of hydrogen-bond donors (Lipinski definition) is 2. The first kappa shape index (κ1) is 24.8. The molecule has 2 N–H and O–H groups in total. The molecule has 0 aliphatic rings. The van der Waals surface area contributed by atoms with Crippen molar-refractivity contribution >= 4 is 11.8 Å². The Labute approximate surface area is 197 Å². The number of nitrogens with zero attached hydrogens (tertiary/aromatic N) is 4. The number of aromatic nitrogens is 4. The molecule has 0 aliphatic heterocycles. The monoisotopic (exact) mass is 468 g/mol. The number of nitrogens with one attached hydrogen (secondary N) is 2. The molecular weight excluding hydrogens is 439 g/mol. The van der Waals surface area contributed by atoms with Crippen molar-refractivity contribution < 1.29 is 18.7 Å². The molecule has 10 heteroatoms. The van der Waals surface area contributed by atoms with Crippen molar-refractivity contribution in [1.82, 2.24) is 30.6 Å². The largest absolute Gasteiger partial charge is 0.491 e. The third-order valence-corrected chi connectivity index (χ3v) is 4.97. The van der Waals surface area contributed by atoms with Gasteiger partial charge in [-0.3, -0.25) is 19.0 Å². The Bertz CT molecular complexity index is 1070. The molecule has 2 aromatic heterocycles. The highest BCUT2D eigenvalue weighted by Gasteiger charge is 2.16. The molecule has 9 nitrogen and oxygen atoms in total. The van der Waals surface area contributed by atoms with E-state index in [1.165, 1.54) is 10.9 Å². The summed E-state index contributed by atoms with van der Waals surface area (Å²) in [5.74, 6) is -0.152. The average Bonchev–Trinajstić information content (AvgIpc) is 3.35. The van der Waals surface area contributed by atoms with Gasteiger partial charge in [0.25, 0.3) is 11.8 Å². The van der Waals surface area contributed by atoms with Gasteiger partial charge in [0.1, 0.15) is 11.4 Å². The van der Waals surface area contributed by atoms with Crippen LogP contribution in [0.5, 0.6) is 5.75 Å². The topological polar surface area (TPSA) is 111 Å². The number of benzene rings is 1. The molecule has 0 fully saturated rings.